The van der Waals surface area contributed by atoms with Crippen molar-refractivity contribution in [2.24, 2.45) is 17.3 Å². The molecule has 16 nitrogen and oxygen atoms in total. The van der Waals surface area contributed by atoms with Crippen LogP contribution in [0.3, 0.4) is 0 Å². The lowest BCUT2D eigenvalue weighted by molar-refractivity contribution is 0.0364. The van der Waals surface area contributed by atoms with Gasteiger partial charge in [-0.25, -0.2) is 19.2 Å². The van der Waals surface area contributed by atoms with E-state index < -0.39 is 34.7 Å². The molecule has 0 heterocycles. The second kappa shape index (κ2) is 28.4. The maximum absolute atomic E-state index is 13.2. The Morgan fingerprint density at radius 2 is 0.568 bits per heavy atom. The Morgan fingerprint density at radius 1 is 0.368 bits per heavy atom. The van der Waals surface area contributed by atoms with Crippen LogP contribution >= 0.6 is 0 Å². The van der Waals surface area contributed by atoms with Crippen LogP contribution in [0.5, 0.6) is 23.0 Å². The van der Waals surface area contributed by atoms with Crippen LogP contribution in [-0.4, -0.2) is 69.4 Å². The molecule has 0 spiro atoms. The quantitative estimate of drug-likeness (QED) is 0.0368. The van der Waals surface area contributed by atoms with Gasteiger partial charge in [0.05, 0.1) is 44.5 Å². The van der Waals surface area contributed by atoms with Gasteiger partial charge < -0.3 is 39.4 Å². The summed E-state index contributed by atoms with van der Waals surface area (Å²) in [4.78, 5) is 99.2. The Balaban J connectivity index is 0.966. The standard InChI is InChI=1S/C79H76O16/c1-47-31-65(35-59(39-80)69(47)92-43-51-7-15-55(16-8-51)73(84)85)78(66-32-48(2)70(60(36-66)40-81)93-44-52-9-17-56(18-10-52)74(86)87)27-23-63(24-28-78)77(5,6)64-25-29-79(30-26-64,67-33-49(3)71(61(37-67)41-82)94-45-53-11-19-57(20-12-53)75(88)89)68-34-50(4)72(62(38-68)42-83)95-46-54-13-21-58(22-14-54)76(90)91/h7-22,31-42,63-64H,23-30,43-46H2,1-6H3,(H,84,85)(H,86,87)(H,88,89)(H,90,91). The maximum Gasteiger partial charge on any atom is 0.335 e. The molecule has 2 aliphatic rings. The molecule has 8 aromatic rings. The Bertz CT molecular complexity index is 3720. The van der Waals surface area contributed by atoms with E-state index in [9.17, 15) is 58.8 Å². The van der Waals surface area contributed by atoms with Gasteiger partial charge in [-0.2, -0.15) is 0 Å². The number of carboxylic acid groups (broad SMARTS) is 4. The first-order chi connectivity index (χ1) is 45.5. The molecular weight excluding hydrogens is 1200 g/mol. The molecule has 0 unspecified atom stereocenters. The summed E-state index contributed by atoms with van der Waals surface area (Å²) in [6, 6.07) is 41.3. The molecule has 2 saturated carbocycles. The van der Waals surface area contributed by atoms with Gasteiger partial charge in [-0.05, 0) is 236 Å². The number of carbonyl (C=O) groups excluding carboxylic acids is 4. The normalized spacial score (nSPS) is 14.6. The summed E-state index contributed by atoms with van der Waals surface area (Å²) in [5.41, 5.74) is 9.71. The van der Waals surface area contributed by atoms with Gasteiger partial charge in [0.15, 0.2) is 25.1 Å². The lowest BCUT2D eigenvalue weighted by Gasteiger charge is -2.52. The minimum atomic E-state index is -1.04. The fourth-order valence-electron chi connectivity index (χ4n) is 14.6. The SMILES string of the molecule is Cc1cc(C2(c3cc(C)c(OCc4ccc(C(=O)O)cc4)c(C=O)c3)CCC(C(C)(C)C3CCC(c4cc(C)c(OCc5ccc(C(=O)O)cc5)c(C=O)c4)(c4cc(C)c(OCc5ccc(C(=O)O)cc5)c(C=O)c4)CC3)CC2)cc(C=O)c1OCc1ccc(C(=O)O)cc1. The summed E-state index contributed by atoms with van der Waals surface area (Å²) in [6.07, 6.45) is 8.94. The van der Waals surface area contributed by atoms with Crippen molar-refractivity contribution in [1.29, 1.82) is 0 Å². The van der Waals surface area contributed by atoms with E-state index in [-0.39, 0.29) is 65.9 Å². The summed E-state index contributed by atoms with van der Waals surface area (Å²) in [6.45, 7) is 12.7. The second-order valence-corrected chi connectivity index (χ2v) is 26.0. The first-order valence-electron chi connectivity index (χ1n) is 31.7. The topological polar surface area (TPSA) is 254 Å². The number of aromatic carboxylic acids is 4. The number of carbonyl (C=O) groups is 8. The van der Waals surface area contributed by atoms with Crippen molar-refractivity contribution in [2.75, 3.05) is 0 Å². The summed E-state index contributed by atoms with van der Waals surface area (Å²) in [5.74, 6) is -2.12. The fraction of sp³-hybridized carbons (Fsp3) is 0.291. The largest absolute Gasteiger partial charge is 0.488 e. The third-order valence-electron chi connectivity index (χ3n) is 20.1. The number of aryl methyl sites for hydroxylation is 4. The van der Waals surface area contributed by atoms with Crippen molar-refractivity contribution in [3.05, 3.63) is 257 Å². The third kappa shape index (κ3) is 14.2. The number of rotatable bonds is 26. The van der Waals surface area contributed by atoms with E-state index in [2.05, 4.69) is 38.1 Å². The lowest BCUT2D eigenvalue weighted by Crippen LogP contribution is -2.43. The van der Waals surface area contributed by atoms with Crippen molar-refractivity contribution in [3.63, 3.8) is 0 Å². The van der Waals surface area contributed by atoms with Crippen molar-refractivity contribution < 1.29 is 77.7 Å². The van der Waals surface area contributed by atoms with Crippen molar-refractivity contribution >= 4 is 49.0 Å². The van der Waals surface area contributed by atoms with Gasteiger partial charge in [-0.15, -0.1) is 0 Å². The Labute approximate surface area is 551 Å². The molecule has 0 bridgehead atoms. The number of carboxylic acids is 4. The van der Waals surface area contributed by atoms with Gasteiger partial charge in [-0.3, -0.25) is 19.2 Å². The molecule has 2 aliphatic carbocycles. The molecule has 4 N–H and O–H groups in total. The fourth-order valence-corrected chi connectivity index (χ4v) is 14.6. The number of hydrogen-bond acceptors (Lipinski definition) is 12. The number of benzene rings is 8. The van der Waals surface area contributed by atoms with Crippen LogP contribution in [0.15, 0.2) is 146 Å². The highest BCUT2D eigenvalue weighted by Crippen LogP contribution is 2.58. The summed E-state index contributed by atoms with van der Waals surface area (Å²) in [7, 11) is 0. The van der Waals surface area contributed by atoms with Crippen LogP contribution in [0.1, 0.15) is 215 Å². The second-order valence-electron chi connectivity index (χ2n) is 26.0. The Hall–Kier alpha value is -10.5. The highest BCUT2D eigenvalue weighted by molar-refractivity contribution is 5.90. The minimum absolute atomic E-state index is 0.0881. The molecule has 16 heteroatoms. The zero-order valence-electron chi connectivity index (χ0n) is 54.0. The minimum Gasteiger partial charge on any atom is -0.488 e. The average molecular weight is 1280 g/mol. The lowest BCUT2D eigenvalue weighted by atomic mass is 9.53. The van der Waals surface area contributed by atoms with E-state index in [1.807, 2.05) is 52.0 Å². The molecular formula is C79H76O16. The molecule has 0 radical (unpaired) electrons. The van der Waals surface area contributed by atoms with Gasteiger partial charge in [-0.1, -0.05) is 86.6 Å². The van der Waals surface area contributed by atoms with Gasteiger partial charge in [0.2, 0.25) is 0 Å². The van der Waals surface area contributed by atoms with E-state index in [1.165, 1.54) is 48.5 Å². The van der Waals surface area contributed by atoms with Crippen LogP contribution in [0.4, 0.5) is 0 Å². The molecule has 95 heavy (non-hydrogen) atoms. The van der Waals surface area contributed by atoms with E-state index in [0.717, 1.165) is 118 Å². The van der Waals surface area contributed by atoms with E-state index in [1.54, 1.807) is 48.5 Å². The molecule has 488 valence electrons. The molecule has 0 saturated heterocycles. The molecule has 0 atom stereocenters. The zero-order valence-corrected chi connectivity index (χ0v) is 54.0. The van der Waals surface area contributed by atoms with Crippen molar-refractivity contribution in [2.45, 2.75) is 130 Å². The Kier molecular flexibility index (Phi) is 20.2. The monoisotopic (exact) mass is 1280 g/mol. The Morgan fingerprint density at radius 3 is 0.747 bits per heavy atom. The molecule has 0 aliphatic heterocycles. The highest BCUT2D eigenvalue weighted by Gasteiger charge is 2.49. The summed E-state index contributed by atoms with van der Waals surface area (Å²) < 4.78 is 25.4. The molecule has 8 aromatic carbocycles. The predicted octanol–water partition coefficient (Wildman–Crippen LogP) is 16.0. The first kappa shape index (κ1) is 67.4. The van der Waals surface area contributed by atoms with E-state index in [4.69, 9.17) is 18.9 Å². The molecule has 10 rings (SSSR count). The number of ether oxygens (including phenoxy) is 4. The summed E-state index contributed by atoms with van der Waals surface area (Å²) >= 11 is 0. The molecule has 0 aromatic heterocycles. The number of aldehydes is 4. The van der Waals surface area contributed by atoms with Crippen LogP contribution in [0.25, 0.3) is 0 Å². The summed E-state index contributed by atoms with van der Waals surface area (Å²) in [5, 5.41) is 37.9. The van der Waals surface area contributed by atoms with Crippen molar-refractivity contribution in [3.8, 4) is 23.0 Å². The van der Waals surface area contributed by atoms with Gasteiger partial charge in [0.1, 0.15) is 49.4 Å². The number of hydrogen-bond donors (Lipinski definition) is 4. The highest BCUT2D eigenvalue weighted by atomic mass is 16.5. The van der Waals surface area contributed by atoms with Crippen molar-refractivity contribution in [1.82, 2.24) is 0 Å². The smallest absolute Gasteiger partial charge is 0.335 e. The van der Waals surface area contributed by atoms with Gasteiger partial charge in [0.25, 0.3) is 0 Å². The maximum atomic E-state index is 13.2. The third-order valence-corrected chi connectivity index (χ3v) is 20.1. The van der Waals surface area contributed by atoms with Crippen LogP contribution in [-0.2, 0) is 37.3 Å². The predicted molar refractivity (Wildman–Crippen MR) is 356 cm³/mol. The average Bonchev–Trinajstić information content (AvgIpc) is 0.744. The zero-order chi connectivity index (χ0) is 67.9. The van der Waals surface area contributed by atoms with Crippen LogP contribution in [0.2, 0.25) is 0 Å². The van der Waals surface area contributed by atoms with Gasteiger partial charge in [0, 0.05) is 10.8 Å². The van der Waals surface area contributed by atoms with Crippen LogP contribution in [0, 0.1) is 44.9 Å². The molecule has 0 amide bonds. The van der Waals surface area contributed by atoms with E-state index in [0.29, 0.717) is 70.9 Å². The molecule has 2 fully saturated rings. The van der Waals surface area contributed by atoms with Crippen LogP contribution < -0.4 is 18.9 Å². The van der Waals surface area contributed by atoms with E-state index >= 15 is 0 Å². The first-order valence-corrected chi connectivity index (χ1v) is 31.7. The van der Waals surface area contributed by atoms with Gasteiger partial charge >= 0.3 is 23.9 Å².